The molecule has 0 spiro atoms. The Balaban J connectivity index is 1.18. The summed E-state index contributed by atoms with van der Waals surface area (Å²) in [5.74, 6) is 0. The van der Waals surface area contributed by atoms with Crippen LogP contribution in [-0.2, 0) is 38.8 Å². The van der Waals surface area contributed by atoms with Gasteiger partial charge in [0, 0.05) is 5.56 Å². The Morgan fingerprint density at radius 3 is 1.75 bits per heavy atom. The maximum Gasteiger partial charge on any atom is 0.187 e. The van der Waals surface area contributed by atoms with Crippen molar-refractivity contribution >= 4 is 0 Å². The SMILES string of the molecule is C=CCO[C@@H]1O[C@H](COC(c2ccccc2)(c2ccccc2)c2ccccc2)[C@@H](O[C@@H]2O[C@@H]3COC(c4ccccc4)O[C@@H]3[C@H](O)[C@H]2O)[C@H](O)[C@H]1O. The fourth-order valence-corrected chi connectivity index (χ4v) is 7.11. The second-order valence-corrected chi connectivity index (χ2v) is 13.0. The van der Waals surface area contributed by atoms with E-state index in [1.54, 1.807) is 0 Å². The molecule has 52 heavy (non-hydrogen) atoms. The summed E-state index contributed by atoms with van der Waals surface area (Å²) in [6.45, 7) is 3.58. The molecule has 3 heterocycles. The summed E-state index contributed by atoms with van der Waals surface area (Å²) in [6.07, 6.45) is -12.2. The molecule has 3 aliphatic rings. The van der Waals surface area contributed by atoms with Crippen LogP contribution >= 0.6 is 0 Å². The summed E-state index contributed by atoms with van der Waals surface area (Å²) in [7, 11) is 0. The number of fused-ring (bicyclic) bond motifs is 1. The minimum atomic E-state index is -1.59. The molecule has 4 aromatic carbocycles. The van der Waals surface area contributed by atoms with E-state index in [-0.39, 0.29) is 19.8 Å². The van der Waals surface area contributed by atoms with Crippen molar-refractivity contribution in [2.24, 2.45) is 0 Å². The van der Waals surface area contributed by atoms with Crippen molar-refractivity contribution in [2.75, 3.05) is 19.8 Å². The van der Waals surface area contributed by atoms with Crippen molar-refractivity contribution in [1.29, 1.82) is 0 Å². The lowest BCUT2D eigenvalue weighted by Crippen LogP contribution is -2.66. The third kappa shape index (κ3) is 7.36. The number of benzene rings is 4. The molecule has 4 N–H and O–H groups in total. The van der Waals surface area contributed by atoms with Crippen LogP contribution < -0.4 is 0 Å². The molecule has 274 valence electrons. The molecule has 0 radical (unpaired) electrons. The molecule has 0 saturated carbocycles. The Hall–Kier alpha value is -3.82. The Bertz CT molecular complexity index is 1600. The van der Waals surface area contributed by atoms with Gasteiger partial charge in [0.05, 0.1) is 19.8 Å². The number of aliphatic hydroxyl groups excluding tert-OH is 4. The number of hydrogen-bond donors (Lipinski definition) is 4. The van der Waals surface area contributed by atoms with Crippen LogP contribution in [-0.4, -0.2) is 102 Å². The zero-order chi connectivity index (χ0) is 36.1. The van der Waals surface area contributed by atoms with Gasteiger partial charge in [-0.1, -0.05) is 127 Å². The predicted molar refractivity (Wildman–Crippen MR) is 188 cm³/mol. The molecule has 0 bridgehead atoms. The summed E-state index contributed by atoms with van der Waals surface area (Å²) < 4.78 is 43.3. The number of rotatable bonds is 12. The highest BCUT2D eigenvalue weighted by molar-refractivity contribution is 5.47. The molecule has 3 fully saturated rings. The van der Waals surface area contributed by atoms with Gasteiger partial charge in [-0.05, 0) is 16.7 Å². The van der Waals surface area contributed by atoms with E-state index in [4.69, 9.17) is 33.2 Å². The maximum absolute atomic E-state index is 11.6. The molecule has 1 unspecified atom stereocenters. The highest BCUT2D eigenvalue weighted by Crippen LogP contribution is 2.42. The summed E-state index contributed by atoms with van der Waals surface area (Å²) in [5.41, 5.74) is 2.13. The highest BCUT2D eigenvalue weighted by atomic mass is 16.8. The van der Waals surface area contributed by atoms with Gasteiger partial charge in [-0.3, -0.25) is 0 Å². The van der Waals surface area contributed by atoms with Crippen LogP contribution in [0.4, 0.5) is 0 Å². The van der Waals surface area contributed by atoms with Crippen molar-refractivity contribution in [1.82, 2.24) is 0 Å². The van der Waals surface area contributed by atoms with E-state index in [1.807, 2.05) is 121 Å². The quantitative estimate of drug-likeness (QED) is 0.126. The van der Waals surface area contributed by atoms with Crippen molar-refractivity contribution in [2.45, 2.75) is 73.3 Å². The zero-order valence-corrected chi connectivity index (χ0v) is 28.5. The van der Waals surface area contributed by atoms with Gasteiger partial charge in [0.2, 0.25) is 0 Å². The lowest BCUT2D eigenvalue weighted by Gasteiger charge is -2.49. The Morgan fingerprint density at radius 1 is 0.654 bits per heavy atom. The van der Waals surface area contributed by atoms with Crippen molar-refractivity contribution in [3.05, 3.63) is 156 Å². The van der Waals surface area contributed by atoms with Gasteiger partial charge in [0.25, 0.3) is 0 Å². The number of aliphatic hydroxyl groups is 4. The van der Waals surface area contributed by atoms with Crippen molar-refractivity contribution < 1.29 is 53.6 Å². The van der Waals surface area contributed by atoms with Crippen molar-refractivity contribution in [3.63, 3.8) is 0 Å². The van der Waals surface area contributed by atoms with E-state index in [1.165, 1.54) is 6.08 Å². The first-order chi connectivity index (χ1) is 25.4. The third-order valence-electron chi connectivity index (χ3n) is 9.72. The lowest BCUT2D eigenvalue weighted by molar-refractivity contribution is -0.386. The fraction of sp³-hybridized carbons (Fsp3) is 0.366. The van der Waals surface area contributed by atoms with Gasteiger partial charge in [-0.2, -0.15) is 0 Å². The number of ether oxygens (including phenoxy) is 7. The average molecular weight is 713 g/mol. The smallest absolute Gasteiger partial charge is 0.187 e. The van der Waals surface area contributed by atoms with Gasteiger partial charge in [-0.25, -0.2) is 0 Å². The van der Waals surface area contributed by atoms with E-state index in [0.717, 1.165) is 22.3 Å². The van der Waals surface area contributed by atoms with Crippen LogP contribution in [0.2, 0.25) is 0 Å². The minimum Gasteiger partial charge on any atom is -0.387 e. The van der Waals surface area contributed by atoms with Crippen molar-refractivity contribution in [3.8, 4) is 0 Å². The van der Waals surface area contributed by atoms with Gasteiger partial charge in [-0.15, -0.1) is 6.58 Å². The molecule has 0 aromatic heterocycles. The molecule has 7 rings (SSSR count). The normalized spacial score (nSPS) is 32.1. The first-order valence-corrected chi connectivity index (χ1v) is 17.4. The monoisotopic (exact) mass is 712 g/mol. The van der Waals surface area contributed by atoms with E-state index in [2.05, 4.69) is 6.58 Å². The molecule has 3 saturated heterocycles. The van der Waals surface area contributed by atoms with Gasteiger partial charge in [0.1, 0.15) is 54.4 Å². The Labute approximate surface area is 302 Å². The fourth-order valence-electron chi connectivity index (χ4n) is 7.11. The molecule has 11 heteroatoms. The molecular weight excluding hydrogens is 668 g/mol. The molecule has 11 atom stereocenters. The second-order valence-electron chi connectivity index (χ2n) is 13.0. The summed E-state index contributed by atoms with van der Waals surface area (Å²) in [4.78, 5) is 0. The second kappa shape index (κ2) is 16.5. The zero-order valence-electron chi connectivity index (χ0n) is 28.5. The van der Waals surface area contributed by atoms with Gasteiger partial charge in [0.15, 0.2) is 18.9 Å². The first kappa shape index (κ1) is 36.5. The van der Waals surface area contributed by atoms with Crippen LogP contribution in [0.25, 0.3) is 0 Å². The standard InChI is InChI=1S/C41H44O11/c1-2-23-46-39-34(44)32(42)37(52-40-35(45)33(43)36-30(50-40)24-47-38(51-36)26-15-7-3-8-16-26)31(49-39)25-48-41(27-17-9-4-10-18-27,28-19-11-5-12-20-28)29-21-13-6-14-22-29/h2-22,30-40,42-45H,1,23-25H2/t30-,31-,32-,33-,34-,35-,36+,37-,38?,39-,40+/m1/s1. The van der Waals surface area contributed by atoms with E-state index in [0.29, 0.717) is 0 Å². The van der Waals surface area contributed by atoms with Crippen LogP contribution in [0, 0.1) is 0 Å². The van der Waals surface area contributed by atoms with Gasteiger partial charge >= 0.3 is 0 Å². The maximum atomic E-state index is 11.6. The predicted octanol–water partition coefficient (Wildman–Crippen LogP) is 3.59. The van der Waals surface area contributed by atoms with Gasteiger partial charge < -0.3 is 53.6 Å². The van der Waals surface area contributed by atoms with E-state index >= 15 is 0 Å². The summed E-state index contributed by atoms with van der Waals surface area (Å²) >= 11 is 0. The van der Waals surface area contributed by atoms with E-state index in [9.17, 15) is 20.4 Å². The van der Waals surface area contributed by atoms with Crippen LogP contribution in [0.15, 0.2) is 134 Å². The molecule has 0 amide bonds. The molecule has 3 aliphatic heterocycles. The van der Waals surface area contributed by atoms with Crippen LogP contribution in [0.1, 0.15) is 28.5 Å². The molecular formula is C41H44O11. The topological polar surface area (TPSA) is 146 Å². The minimum absolute atomic E-state index is 0.0396. The van der Waals surface area contributed by atoms with E-state index < -0.39 is 73.3 Å². The lowest BCUT2D eigenvalue weighted by atomic mass is 9.80. The highest BCUT2D eigenvalue weighted by Gasteiger charge is 2.53. The van der Waals surface area contributed by atoms with Crippen LogP contribution in [0.3, 0.4) is 0 Å². The average Bonchev–Trinajstić information content (AvgIpc) is 3.20. The largest absolute Gasteiger partial charge is 0.387 e. The Kier molecular flexibility index (Phi) is 11.6. The third-order valence-corrected chi connectivity index (χ3v) is 9.72. The molecule has 11 nitrogen and oxygen atoms in total. The van der Waals surface area contributed by atoms with Crippen LogP contribution in [0.5, 0.6) is 0 Å². The molecule has 0 aliphatic carbocycles. The summed E-state index contributed by atoms with van der Waals surface area (Å²) in [5, 5.41) is 45.3. The number of hydrogen-bond acceptors (Lipinski definition) is 11. The molecule has 4 aromatic rings. The first-order valence-electron chi connectivity index (χ1n) is 17.4. The Morgan fingerprint density at radius 2 is 1.19 bits per heavy atom. The summed E-state index contributed by atoms with van der Waals surface area (Å²) in [6, 6.07) is 38.5.